The Morgan fingerprint density at radius 3 is 2.81 bits per heavy atom. The van der Waals surface area contributed by atoms with Crippen LogP contribution < -0.4 is 5.32 Å². The predicted molar refractivity (Wildman–Crippen MR) is 88.1 cm³/mol. The molecule has 4 nitrogen and oxygen atoms in total. The fourth-order valence-electron chi connectivity index (χ4n) is 2.69. The highest BCUT2D eigenvalue weighted by Crippen LogP contribution is 2.19. The summed E-state index contributed by atoms with van der Waals surface area (Å²) in [5.74, 6) is 0.0496. The summed E-state index contributed by atoms with van der Waals surface area (Å²) >= 11 is 1.56. The maximum Gasteiger partial charge on any atom is 0.263 e. The number of nitrogens with zero attached hydrogens (tertiary/aromatic N) is 2. The normalized spacial score (nSPS) is 15.5. The Kier molecular flexibility index (Phi) is 6.64. The van der Waals surface area contributed by atoms with Gasteiger partial charge in [-0.2, -0.15) is 0 Å². The minimum atomic E-state index is 0.0496. The van der Waals surface area contributed by atoms with Gasteiger partial charge in [0.2, 0.25) is 0 Å². The zero-order chi connectivity index (χ0) is 15.1. The van der Waals surface area contributed by atoms with Gasteiger partial charge in [0.25, 0.3) is 5.91 Å². The Hall–Kier alpha value is -0.940. The Labute approximate surface area is 132 Å². The van der Waals surface area contributed by atoms with E-state index in [0.29, 0.717) is 0 Å². The van der Waals surface area contributed by atoms with Crippen molar-refractivity contribution in [3.8, 4) is 0 Å². The summed E-state index contributed by atoms with van der Waals surface area (Å²) in [5, 5.41) is 4.10. The molecule has 5 heteroatoms. The van der Waals surface area contributed by atoms with Crippen LogP contribution in [0.2, 0.25) is 0 Å². The van der Waals surface area contributed by atoms with Gasteiger partial charge in [0, 0.05) is 19.5 Å². The number of aryl methyl sites for hydroxylation is 1. The van der Waals surface area contributed by atoms with E-state index in [9.17, 15) is 4.79 Å². The zero-order valence-electron chi connectivity index (χ0n) is 13.3. The summed E-state index contributed by atoms with van der Waals surface area (Å²) in [7, 11) is 0. The second-order valence-electron chi connectivity index (χ2n) is 5.78. The number of aromatic nitrogens is 1. The third-order valence-corrected chi connectivity index (χ3v) is 5.17. The van der Waals surface area contributed by atoms with Crippen LogP contribution in [0, 0.1) is 6.92 Å². The maximum atomic E-state index is 12.2. The summed E-state index contributed by atoms with van der Waals surface area (Å²) in [6, 6.07) is 0. The van der Waals surface area contributed by atoms with Crippen molar-refractivity contribution in [3.05, 3.63) is 15.6 Å². The molecule has 1 amide bonds. The molecule has 0 spiro atoms. The number of hydrogen-bond acceptors (Lipinski definition) is 4. The Bertz CT molecular complexity index is 452. The van der Waals surface area contributed by atoms with Crippen molar-refractivity contribution >= 4 is 17.2 Å². The van der Waals surface area contributed by atoms with Crippen molar-refractivity contribution in [1.29, 1.82) is 0 Å². The van der Waals surface area contributed by atoms with Crippen molar-refractivity contribution < 1.29 is 4.79 Å². The van der Waals surface area contributed by atoms with Crippen LogP contribution >= 0.6 is 11.3 Å². The molecule has 2 rings (SSSR count). The molecule has 1 N–H and O–H groups in total. The van der Waals surface area contributed by atoms with Gasteiger partial charge < -0.3 is 10.2 Å². The van der Waals surface area contributed by atoms with E-state index < -0.39 is 0 Å². The van der Waals surface area contributed by atoms with E-state index in [1.165, 1.54) is 38.8 Å². The maximum absolute atomic E-state index is 12.2. The Balaban J connectivity index is 1.81. The van der Waals surface area contributed by atoms with Crippen molar-refractivity contribution in [2.24, 2.45) is 0 Å². The van der Waals surface area contributed by atoms with Gasteiger partial charge in [0.1, 0.15) is 4.88 Å². The number of nitrogens with one attached hydrogen (secondary N) is 1. The molecule has 1 fully saturated rings. The van der Waals surface area contributed by atoms with Crippen molar-refractivity contribution in [1.82, 2.24) is 15.2 Å². The van der Waals surface area contributed by atoms with Crippen LogP contribution in [0.5, 0.6) is 0 Å². The third-order valence-electron chi connectivity index (χ3n) is 3.95. The number of likely N-dealkylation sites (tertiary alicyclic amines) is 1. The molecule has 1 aromatic heterocycles. The van der Waals surface area contributed by atoms with Gasteiger partial charge >= 0.3 is 0 Å². The van der Waals surface area contributed by atoms with Crippen LogP contribution in [-0.4, -0.2) is 42.0 Å². The lowest BCUT2D eigenvalue weighted by Gasteiger charge is -2.12. The quantitative estimate of drug-likeness (QED) is 0.751. The Morgan fingerprint density at radius 1 is 1.33 bits per heavy atom. The second-order valence-corrected chi connectivity index (χ2v) is 6.87. The fraction of sp³-hybridized carbons (Fsp3) is 0.750. The lowest BCUT2D eigenvalue weighted by atomic mass is 10.2. The van der Waals surface area contributed by atoms with E-state index >= 15 is 0 Å². The second kappa shape index (κ2) is 8.49. The topological polar surface area (TPSA) is 45.2 Å². The zero-order valence-corrected chi connectivity index (χ0v) is 14.1. The Morgan fingerprint density at radius 2 is 2.10 bits per heavy atom. The molecule has 0 aliphatic carbocycles. The molecule has 0 saturated carbocycles. The molecule has 1 aliphatic rings. The van der Waals surface area contributed by atoms with Gasteiger partial charge in [-0.1, -0.05) is 19.8 Å². The highest BCUT2D eigenvalue weighted by molar-refractivity contribution is 7.13. The van der Waals surface area contributed by atoms with Crippen molar-refractivity contribution in [2.45, 2.75) is 52.4 Å². The molecule has 0 aromatic carbocycles. The third kappa shape index (κ3) is 5.08. The molecule has 1 aromatic rings. The number of hydrogen-bond donors (Lipinski definition) is 1. The van der Waals surface area contributed by atoms with Crippen LogP contribution in [0.1, 0.15) is 59.4 Å². The van der Waals surface area contributed by atoms with Gasteiger partial charge in [0.15, 0.2) is 0 Å². The molecular weight excluding hydrogens is 282 g/mol. The van der Waals surface area contributed by atoms with Crippen LogP contribution in [0.3, 0.4) is 0 Å². The molecule has 21 heavy (non-hydrogen) atoms. The monoisotopic (exact) mass is 309 g/mol. The first-order valence-electron chi connectivity index (χ1n) is 8.17. The molecule has 1 aliphatic heterocycles. The van der Waals surface area contributed by atoms with Crippen LogP contribution in [-0.2, 0) is 6.42 Å². The number of thiazole rings is 1. The number of carbonyl (C=O) groups excluding carboxylic acids is 1. The molecule has 0 unspecified atom stereocenters. The van der Waals surface area contributed by atoms with Crippen LogP contribution in [0.4, 0.5) is 0 Å². The largest absolute Gasteiger partial charge is 0.351 e. The van der Waals surface area contributed by atoms with Gasteiger partial charge in [-0.05, 0) is 39.3 Å². The molecule has 0 radical (unpaired) electrons. The van der Waals surface area contributed by atoms with Crippen molar-refractivity contribution in [3.63, 3.8) is 0 Å². The number of amides is 1. The van der Waals surface area contributed by atoms with Crippen LogP contribution in [0.15, 0.2) is 0 Å². The van der Waals surface area contributed by atoms with E-state index in [1.54, 1.807) is 11.3 Å². The average molecular weight is 309 g/mol. The molecule has 118 valence electrons. The highest BCUT2D eigenvalue weighted by Gasteiger charge is 2.16. The van der Waals surface area contributed by atoms with Crippen molar-refractivity contribution in [2.75, 3.05) is 26.2 Å². The molecule has 0 bridgehead atoms. The number of unbranched alkanes of at least 4 members (excludes halogenated alkanes) is 2. The smallest absolute Gasteiger partial charge is 0.263 e. The molecule has 0 atom stereocenters. The van der Waals surface area contributed by atoms with E-state index in [1.807, 2.05) is 6.92 Å². The van der Waals surface area contributed by atoms with E-state index in [0.717, 1.165) is 41.5 Å². The van der Waals surface area contributed by atoms with E-state index in [4.69, 9.17) is 0 Å². The summed E-state index contributed by atoms with van der Waals surface area (Å²) in [6.45, 7) is 8.39. The fourth-order valence-corrected chi connectivity index (χ4v) is 3.66. The minimum absolute atomic E-state index is 0.0496. The molecule has 2 heterocycles. The minimum Gasteiger partial charge on any atom is -0.351 e. The average Bonchev–Trinajstić information content (AvgIpc) is 3.10. The summed E-state index contributed by atoms with van der Waals surface area (Å²) in [4.78, 5) is 20.0. The van der Waals surface area contributed by atoms with Crippen LogP contribution in [0.25, 0.3) is 0 Å². The summed E-state index contributed by atoms with van der Waals surface area (Å²) in [6.07, 6.45) is 7.01. The SMILES string of the molecule is CCCCCNC(=O)c1sc(CCN2CCCC2)nc1C. The first-order valence-corrected chi connectivity index (χ1v) is 8.99. The van der Waals surface area contributed by atoms with Gasteiger partial charge in [-0.25, -0.2) is 4.98 Å². The predicted octanol–water partition coefficient (Wildman–Crippen LogP) is 3.01. The summed E-state index contributed by atoms with van der Waals surface area (Å²) < 4.78 is 0. The first kappa shape index (κ1) is 16.4. The van der Waals surface area contributed by atoms with Gasteiger partial charge in [0.05, 0.1) is 10.7 Å². The highest BCUT2D eigenvalue weighted by atomic mass is 32.1. The van der Waals surface area contributed by atoms with E-state index in [-0.39, 0.29) is 5.91 Å². The number of rotatable bonds is 8. The molecule has 1 saturated heterocycles. The van der Waals surface area contributed by atoms with Gasteiger partial charge in [-0.15, -0.1) is 11.3 Å². The first-order chi connectivity index (χ1) is 10.2. The lowest BCUT2D eigenvalue weighted by molar-refractivity contribution is 0.0956. The summed E-state index contributed by atoms with van der Waals surface area (Å²) in [5.41, 5.74) is 0.879. The van der Waals surface area contributed by atoms with Gasteiger partial charge in [-0.3, -0.25) is 4.79 Å². The standard InChI is InChI=1S/C16H27N3OS/c1-3-4-5-9-17-16(20)15-13(2)18-14(21-15)8-12-19-10-6-7-11-19/h3-12H2,1-2H3,(H,17,20). The number of carbonyl (C=O) groups is 1. The van der Waals surface area contributed by atoms with E-state index in [2.05, 4.69) is 22.1 Å². The lowest BCUT2D eigenvalue weighted by Crippen LogP contribution is -2.24. The molecular formula is C16H27N3OS.